The van der Waals surface area contributed by atoms with Crippen LogP contribution < -0.4 is 45.7 Å². The van der Waals surface area contributed by atoms with Gasteiger partial charge in [-0.3, -0.25) is 18.9 Å². The number of rotatable bonds is 4. The van der Waals surface area contributed by atoms with Crippen LogP contribution in [0.5, 0.6) is 0 Å². The molecule has 1 aromatic rings. The Bertz CT molecular complexity index is 687. The van der Waals surface area contributed by atoms with Gasteiger partial charge in [0.05, 0.1) is 18.9 Å². The van der Waals surface area contributed by atoms with E-state index in [1.807, 2.05) is 0 Å². The fourth-order valence-electron chi connectivity index (χ4n) is 1.88. The van der Waals surface area contributed by atoms with Crippen molar-refractivity contribution < 1.29 is 62.7 Å². The van der Waals surface area contributed by atoms with E-state index in [1.54, 1.807) is 4.98 Å². The molecule has 0 bridgehead atoms. The van der Waals surface area contributed by atoms with Gasteiger partial charge in [-0.25, -0.2) is 4.79 Å². The molecule has 0 saturated carbocycles. The van der Waals surface area contributed by atoms with E-state index in [9.17, 15) is 28.5 Å². The molecule has 22 heavy (non-hydrogen) atoms. The number of nitrogens with zero attached hydrogens (tertiary/aromatic N) is 1. The zero-order valence-corrected chi connectivity index (χ0v) is 14.2. The molecule has 1 fully saturated rings. The van der Waals surface area contributed by atoms with Crippen LogP contribution >= 0.6 is 7.82 Å². The van der Waals surface area contributed by atoms with Crippen molar-refractivity contribution in [3.63, 3.8) is 0 Å². The third-order valence-electron chi connectivity index (χ3n) is 2.84. The maximum atomic E-state index is 13.2. The van der Waals surface area contributed by atoms with E-state index in [2.05, 4.69) is 4.52 Å². The van der Waals surface area contributed by atoms with Gasteiger partial charge in [-0.05, 0) is 0 Å². The van der Waals surface area contributed by atoms with Gasteiger partial charge in [-0.2, -0.15) is 4.39 Å². The van der Waals surface area contributed by atoms with E-state index < -0.39 is 49.9 Å². The van der Waals surface area contributed by atoms with Gasteiger partial charge in [-0.1, -0.05) is 0 Å². The molecular formula is C9H11FN2NaO8P. The second-order valence-corrected chi connectivity index (χ2v) is 5.54. The third-order valence-corrected chi connectivity index (χ3v) is 3.32. The summed E-state index contributed by atoms with van der Waals surface area (Å²) in [7, 11) is -4.98. The van der Waals surface area contributed by atoms with Gasteiger partial charge in [0, 0.05) is 6.42 Å². The van der Waals surface area contributed by atoms with Crippen LogP contribution in [0.1, 0.15) is 12.6 Å². The fraction of sp³-hybridized carbons (Fsp3) is 0.556. The maximum Gasteiger partial charge on any atom is 1.00 e. The number of phosphoric ester groups is 1. The smallest absolute Gasteiger partial charge is 0.756 e. The molecule has 0 radical (unpaired) electrons. The van der Waals surface area contributed by atoms with Crippen molar-refractivity contribution in [3.05, 3.63) is 32.9 Å². The molecule has 1 unspecified atom stereocenters. The van der Waals surface area contributed by atoms with E-state index in [4.69, 9.17) is 9.63 Å². The molecule has 0 aromatic carbocycles. The Morgan fingerprint density at radius 2 is 2.23 bits per heavy atom. The molecule has 0 aliphatic carbocycles. The van der Waals surface area contributed by atoms with E-state index in [0.717, 1.165) is 4.57 Å². The number of aromatic nitrogens is 2. The first-order valence-corrected chi connectivity index (χ1v) is 7.20. The predicted octanol–water partition coefficient (Wildman–Crippen LogP) is -5.19. The Balaban J connectivity index is 0.00000242. The summed E-state index contributed by atoms with van der Waals surface area (Å²) in [5.74, 6) is -1.22. The van der Waals surface area contributed by atoms with E-state index in [1.165, 1.54) is 0 Å². The van der Waals surface area contributed by atoms with Crippen molar-refractivity contribution in [1.82, 2.24) is 9.55 Å². The number of nitrogens with one attached hydrogen (secondary N) is 1. The Morgan fingerprint density at radius 1 is 1.59 bits per heavy atom. The van der Waals surface area contributed by atoms with Gasteiger partial charge in [0.25, 0.3) is 13.4 Å². The number of H-pyrrole nitrogens is 1. The van der Waals surface area contributed by atoms with Crippen LogP contribution in [0, 0.1) is 5.82 Å². The van der Waals surface area contributed by atoms with E-state index in [-0.39, 0.29) is 36.0 Å². The Kier molecular flexibility index (Phi) is 6.69. The summed E-state index contributed by atoms with van der Waals surface area (Å²) in [6.07, 6.45) is -3.01. The number of ether oxygens (including phenoxy) is 1. The summed E-state index contributed by atoms with van der Waals surface area (Å²) in [6.45, 7) is -0.671. The molecule has 0 spiro atoms. The molecule has 1 aliphatic heterocycles. The molecular weight excluding hydrogens is 337 g/mol. The molecule has 1 saturated heterocycles. The van der Waals surface area contributed by atoms with Crippen LogP contribution in [0.2, 0.25) is 0 Å². The molecule has 1 aliphatic rings. The summed E-state index contributed by atoms with van der Waals surface area (Å²) in [6, 6.07) is 0. The summed E-state index contributed by atoms with van der Waals surface area (Å²) in [5.41, 5.74) is -2.14. The number of phosphoric acid groups is 1. The SMILES string of the molecule is O=c1[nH]c(=O)n([C@H]2C[C@H](O)[C@@H](COP(=O)([O-])O)O2)cc1F.[Na+]. The summed E-state index contributed by atoms with van der Waals surface area (Å²) >= 11 is 0. The number of aliphatic hydroxyl groups excluding tert-OH is 1. The number of hydrogen-bond acceptors (Lipinski definition) is 7. The summed E-state index contributed by atoms with van der Waals surface area (Å²) in [5, 5.41) is 9.67. The molecule has 2 rings (SSSR count). The normalized spacial score (nSPS) is 27.2. The van der Waals surface area contributed by atoms with Crippen molar-refractivity contribution in [2.24, 2.45) is 0 Å². The number of aliphatic hydroxyl groups is 1. The first kappa shape index (κ1) is 19.7. The van der Waals surface area contributed by atoms with Gasteiger partial charge < -0.3 is 24.2 Å². The van der Waals surface area contributed by atoms with Crippen LogP contribution in [0.3, 0.4) is 0 Å². The molecule has 2 heterocycles. The van der Waals surface area contributed by atoms with Crippen molar-refractivity contribution in [1.29, 1.82) is 0 Å². The van der Waals surface area contributed by atoms with Crippen molar-refractivity contribution in [2.75, 3.05) is 6.61 Å². The quantitative estimate of drug-likeness (QED) is 0.360. The summed E-state index contributed by atoms with van der Waals surface area (Å²) in [4.78, 5) is 43.1. The third kappa shape index (κ3) is 4.82. The number of aromatic amines is 1. The minimum absolute atomic E-state index is 0. The van der Waals surface area contributed by atoms with Crippen molar-refractivity contribution >= 4 is 7.82 Å². The van der Waals surface area contributed by atoms with Gasteiger partial charge in [0.1, 0.15) is 12.3 Å². The van der Waals surface area contributed by atoms with Gasteiger partial charge >= 0.3 is 35.2 Å². The van der Waals surface area contributed by atoms with Crippen molar-refractivity contribution in [2.45, 2.75) is 24.9 Å². The molecule has 4 atom stereocenters. The second kappa shape index (κ2) is 7.47. The maximum absolute atomic E-state index is 13.2. The van der Waals surface area contributed by atoms with Gasteiger partial charge in [0.2, 0.25) is 5.82 Å². The van der Waals surface area contributed by atoms with Crippen LogP contribution in [0.4, 0.5) is 4.39 Å². The molecule has 118 valence electrons. The molecule has 3 N–H and O–H groups in total. The second-order valence-electron chi connectivity index (χ2n) is 4.34. The number of hydrogen-bond donors (Lipinski definition) is 3. The summed E-state index contributed by atoms with van der Waals surface area (Å²) < 4.78 is 33.6. The first-order valence-electron chi connectivity index (χ1n) is 5.70. The largest absolute Gasteiger partial charge is 1.00 e. The van der Waals surface area contributed by atoms with Crippen LogP contribution in [-0.2, 0) is 13.8 Å². The minimum Gasteiger partial charge on any atom is -0.756 e. The van der Waals surface area contributed by atoms with Gasteiger partial charge in [-0.15, -0.1) is 0 Å². The molecule has 10 nitrogen and oxygen atoms in total. The molecule has 1 aromatic heterocycles. The average Bonchev–Trinajstić information content (AvgIpc) is 2.72. The number of halogens is 1. The predicted molar refractivity (Wildman–Crippen MR) is 61.6 cm³/mol. The zero-order chi connectivity index (χ0) is 15.8. The Hall–Kier alpha value is -0.360. The topological polar surface area (TPSA) is 154 Å². The van der Waals surface area contributed by atoms with E-state index in [0.29, 0.717) is 6.20 Å². The van der Waals surface area contributed by atoms with Gasteiger partial charge in [0.15, 0.2) is 0 Å². The average molecular weight is 348 g/mol. The standard InChI is InChI=1S/C9H12FN2O8P.Na/c10-4-2-12(9(15)11-8(4)14)7-1-5(13)6(20-7)3-19-21(16,17)18;/h2,5-7,13H,1,3H2,(H,11,14,15)(H2,16,17,18);/q;+1/p-1/t5-,6+,7+;/m0./s1. The first-order chi connectivity index (χ1) is 9.67. The zero-order valence-electron chi connectivity index (χ0n) is 11.3. The monoisotopic (exact) mass is 348 g/mol. The molecule has 0 amide bonds. The fourth-order valence-corrected chi connectivity index (χ4v) is 2.21. The van der Waals surface area contributed by atoms with Crippen LogP contribution in [0.15, 0.2) is 15.8 Å². The molecule has 13 heteroatoms. The Labute approximate surface area is 144 Å². The van der Waals surface area contributed by atoms with Crippen LogP contribution in [0.25, 0.3) is 0 Å². The van der Waals surface area contributed by atoms with Crippen molar-refractivity contribution in [3.8, 4) is 0 Å². The minimum atomic E-state index is -4.98. The van der Waals surface area contributed by atoms with Crippen LogP contribution in [-0.4, -0.2) is 38.4 Å². The Morgan fingerprint density at radius 3 is 2.82 bits per heavy atom. The van der Waals surface area contributed by atoms with E-state index >= 15 is 0 Å².